The Labute approximate surface area is 286 Å². The fraction of sp³-hybridized carbons (Fsp3) is 0.657. The molecule has 5 rings (SSSR count). The van der Waals surface area contributed by atoms with Gasteiger partial charge in [0.05, 0.1) is 12.7 Å². The zero-order valence-electron chi connectivity index (χ0n) is 29.3. The SMILES string of the molecule is C[C@@H]1CC[C@@]23CCC(=O)[C@H]2[C@]1(C)[C@H](OC(=O)COc1ccc2c(c1F)B(O)OC2)C[C@@](C)(/C=C/C(=O)NNC(=O)OC(C)(C)C)[C@@H](O)[C@@H]3C. The third kappa shape index (κ3) is 6.83. The van der Waals surface area contributed by atoms with E-state index in [1.165, 1.54) is 12.1 Å². The van der Waals surface area contributed by atoms with Crippen molar-refractivity contribution in [2.45, 2.75) is 105 Å². The van der Waals surface area contributed by atoms with Crippen molar-refractivity contribution in [3.05, 3.63) is 35.7 Å². The number of ketones is 1. The first-order valence-electron chi connectivity index (χ1n) is 16.9. The number of carbonyl (C=O) groups is 4. The van der Waals surface area contributed by atoms with E-state index in [-0.39, 0.29) is 41.9 Å². The summed E-state index contributed by atoms with van der Waals surface area (Å²) in [4.78, 5) is 52.1. The summed E-state index contributed by atoms with van der Waals surface area (Å²) in [5.41, 5.74) is 1.64. The van der Waals surface area contributed by atoms with E-state index >= 15 is 4.39 Å². The van der Waals surface area contributed by atoms with Crippen LogP contribution in [0.4, 0.5) is 9.18 Å². The molecule has 0 spiro atoms. The minimum absolute atomic E-state index is 0.0403. The zero-order valence-corrected chi connectivity index (χ0v) is 29.3. The number of benzene rings is 1. The molecule has 3 aliphatic carbocycles. The van der Waals surface area contributed by atoms with E-state index in [2.05, 4.69) is 10.9 Å². The molecule has 1 heterocycles. The van der Waals surface area contributed by atoms with Crippen LogP contribution in [0, 0.1) is 39.8 Å². The molecule has 4 N–H and O–H groups in total. The van der Waals surface area contributed by atoms with Gasteiger partial charge in [0, 0.05) is 34.7 Å². The van der Waals surface area contributed by atoms with Crippen LogP contribution in [0.1, 0.15) is 86.1 Å². The number of Topliss-reactive ketones (excluding diaryl/α,β-unsaturated/α-hetero) is 1. The van der Waals surface area contributed by atoms with E-state index in [9.17, 15) is 29.3 Å². The van der Waals surface area contributed by atoms with E-state index in [4.69, 9.17) is 18.9 Å². The molecule has 1 aliphatic heterocycles. The largest absolute Gasteiger partial charge is 0.494 e. The smallest absolute Gasteiger partial charge is 0.479 e. The number of hydrogen-bond donors (Lipinski definition) is 4. The van der Waals surface area contributed by atoms with Gasteiger partial charge in [-0.1, -0.05) is 39.8 Å². The lowest BCUT2D eigenvalue weighted by molar-refractivity contribution is -0.207. The molecule has 1 aromatic carbocycles. The monoisotopic (exact) mass is 686 g/mol. The lowest BCUT2D eigenvalue weighted by atomic mass is 9.44. The highest BCUT2D eigenvalue weighted by Gasteiger charge is 2.68. The van der Waals surface area contributed by atoms with Crippen LogP contribution in [-0.4, -0.2) is 65.4 Å². The maximum atomic E-state index is 15.2. The first-order valence-corrected chi connectivity index (χ1v) is 16.9. The highest BCUT2D eigenvalue weighted by Crippen LogP contribution is 2.68. The lowest BCUT2D eigenvalue weighted by Gasteiger charge is -2.61. The summed E-state index contributed by atoms with van der Waals surface area (Å²) >= 11 is 0. The maximum Gasteiger partial charge on any atom is 0.494 e. The molecule has 8 atom stereocenters. The average Bonchev–Trinajstić information content (AvgIpc) is 3.59. The molecule has 2 amide bonds. The van der Waals surface area contributed by atoms with Gasteiger partial charge >= 0.3 is 19.2 Å². The minimum atomic E-state index is -1.44. The van der Waals surface area contributed by atoms with Crippen LogP contribution in [-0.2, 0) is 35.1 Å². The molecular formula is C35H48BFN2O10. The molecule has 3 fully saturated rings. The molecule has 2 bridgehead atoms. The van der Waals surface area contributed by atoms with Crippen molar-refractivity contribution in [2.24, 2.45) is 34.0 Å². The van der Waals surface area contributed by atoms with Crippen LogP contribution in [0.3, 0.4) is 0 Å². The van der Waals surface area contributed by atoms with Gasteiger partial charge in [0.25, 0.3) is 5.91 Å². The second-order valence-corrected chi connectivity index (χ2v) is 15.7. The molecule has 3 saturated carbocycles. The van der Waals surface area contributed by atoms with Crippen molar-refractivity contribution in [1.29, 1.82) is 0 Å². The predicted molar refractivity (Wildman–Crippen MR) is 175 cm³/mol. The molecule has 268 valence electrons. The summed E-state index contributed by atoms with van der Waals surface area (Å²) in [6.07, 6.45) is 2.48. The van der Waals surface area contributed by atoms with Crippen molar-refractivity contribution in [1.82, 2.24) is 10.9 Å². The van der Waals surface area contributed by atoms with Gasteiger partial charge in [0.2, 0.25) is 0 Å². The summed E-state index contributed by atoms with van der Waals surface area (Å²) in [6.45, 7) is 12.2. The number of aliphatic hydroxyl groups excluding tert-OH is 1. The lowest BCUT2D eigenvalue weighted by Crippen LogP contribution is -2.63. The van der Waals surface area contributed by atoms with Crippen LogP contribution in [0.15, 0.2) is 24.3 Å². The first-order chi connectivity index (χ1) is 22.8. The van der Waals surface area contributed by atoms with Gasteiger partial charge in [-0.3, -0.25) is 15.0 Å². The Balaban J connectivity index is 1.42. The van der Waals surface area contributed by atoms with Gasteiger partial charge in [0.15, 0.2) is 18.2 Å². The van der Waals surface area contributed by atoms with Crippen LogP contribution in [0.2, 0.25) is 0 Å². The molecule has 0 saturated heterocycles. The topological polar surface area (TPSA) is 170 Å². The Bertz CT molecular complexity index is 1530. The Hall–Kier alpha value is -3.49. The number of rotatable bonds is 6. The quantitative estimate of drug-likeness (QED) is 0.151. The van der Waals surface area contributed by atoms with Crippen LogP contribution >= 0.6 is 0 Å². The van der Waals surface area contributed by atoms with Crippen molar-refractivity contribution in [3.63, 3.8) is 0 Å². The molecule has 0 unspecified atom stereocenters. The van der Waals surface area contributed by atoms with Gasteiger partial charge in [0.1, 0.15) is 17.5 Å². The summed E-state index contributed by atoms with van der Waals surface area (Å²) in [7, 11) is -1.44. The standard InChI is InChI=1S/C35H48BFN2O10/c1-19-10-14-35-15-11-22(40)29(35)34(19,7)24(48-26(42)18-46-23-9-8-21-17-47-36(45)27(21)28(23)37)16-33(6,30(43)20(35)2)13-12-25(41)38-39-31(44)49-32(3,4)5/h8-9,12-13,19-20,24,29-30,43,45H,10-11,14-18H2,1-7H3,(H,38,41)(H,39,44)/b13-12+/t19-,20+,24-,29+,30+,33-,34+,35+/m1/s1. The number of fused-ring (bicyclic) bond motifs is 1. The third-order valence-electron chi connectivity index (χ3n) is 11.6. The van der Waals surface area contributed by atoms with E-state index in [0.29, 0.717) is 18.4 Å². The molecule has 14 heteroatoms. The van der Waals surface area contributed by atoms with Gasteiger partial charge in [-0.25, -0.2) is 19.4 Å². The van der Waals surface area contributed by atoms with Crippen molar-refractivity contribution < 1.29 is 52.6 Å². The second-order valence-electron chi connectivity index (χ2n) is 15.7. The number of hydrogen-bond acceptors (Lipinski definition) is 10. The Morgan fingerprint density at radius 3 is 2.57 bits per heavy atom. The molecule has 49 heavy (non-hydrogen) atoms. The molecule has 1 aromatic rings. The Morgan fingerprint density at radius 1 is 1.16 bits per heavy atom. The first kappa shape index (κ1) is 36.8. The number of ether oxygens (including phenoxy) is 3. The van der Waals surface area contributed by atoms with E-state index in [0.717, 1.165) is 12.8 Å². The minimum Gasteiger partial charge on any atom is -0.479 e. The molecular weight excluding hydrogens is 638 g/mol. The highest BCUT2D eigenvalue weighted by molar-refractivity contribution is 6.61. The molecule has 0 aromatic heterocycles. The Kier molecular flexibility index (Phi) is 10.0. The fourth-order valence-electron chi connectivity index (χ4n) is 8.89. The predicted octanol–water partition coefficient (Wildman–Crippen LogP) is 3.25. The second kappa shape index (κ2) is 13.3. The number of halogens is 1. The van der Waals surface area contributed by atoms with E-state index < -0.39 is 77.5 Å². The number of carbonyl (C=O) groups excluding carboxylic acids is 4. The Morgan fingerprint density at radius 2 is 1.88 bits per heavy atom. The van der Waals surface area contributed by atoms with Gasteiger partial charge in [-0.15, -0.1) is 0 Å². The average molecular weight is 687 g/mol. The van der Waals surface area contributed by atoms with Crippen LogP contribution < -0.4 is 21.1 Å². The molecule has 4 aliphatic rings. The van der Waals surface area contributed by atoms with Gasteiger partial charge in [-0.05, 0) is 75.3 Å². The molecule has 12 nitrogen and oxygen atoms in total. The van der Waals surface area contributed by atoms with Crippen LogP contribution in [0.5, 0.6) is 5.75 Å². The number of hydrazine groups is 1. The highest BCUT2D eigenvalue weighted by atomic mass is 19.1. The van der Waals surface area contributed by atoms with E-state index in [1.807, 2.05) is 20.8 Å². The van der Waals surface area contributed by atoms with Crippen molar-refractivity contribution in [3.8, 4) is 5.75 Å². The van der Waals surface area contributed by atoms with Crippen molar-refractivity contribution >= 4 is 36.3 Å². The summed E-state index contributed by atoms with van der Waals surface area (Å²) in [5, 5.41) is 22.1. The van der Waals surface area contributed by atoms with Crippen LogP contribution in [0.25, 0.3) is 0 Å². The number of esters is 1. The fourth-order valence-corrected chi connectivity index (χ4v) is 8.89. The van der Waals surface area contributed by atoms with E-state index in [1.54, 1.807) is 39.8 Å². The summed E-state index contributed by atoms with van der Waals surface area (Å²) in [6, 6.07) is 2.91. The molecule has 0 radical (unpaired) electrons. The van der Waals surface area contributed by atoms with Gasteiger partial charge in [-0.2, -0.15) is 0 Å². The maximum absolute atomic E-state index is 15.2. The summed E-state index contributed by atoms with van der Waals surface area (Å²) in [5.74, 6) is -3.32. The third-order valence-corrected chi connectivity index (χ3v) is 11.6. The zero-order chi connectivity index (χ0) is 36.1. The summed E-state index contributed by atoms with van der Waals surface area (Å²) < 4.78 is 37.1. The van der Waals surface area contributed by atoms with Gasteiger partial charge < -0.3 is 29.0 Å². The number of nitrogens with one attached hydrogen (secondary N) is 2. The normalized spacial score (nSPS) is 34.0. The number of amides is 2. The van der Waals surface area contributed by atoms with Crippen molar-refractivity contribution in [2.75, 3.05) is 6.61 Å². The number of aliphatic hydroxyl groups is 1.